The maximum atomic E-state index is 13.2. The monoisotopic (exact) mass is 431 g/mol. The van der Waals surface area contributed by atoms with E-state index < -0.39 is 17.1 Å². The normalized spacial score (nSPS) is 11.0. The third-order valence-corrected chi connectivity index (χ3v) is 5.48. The molecule has 1 N–H and O–H groups in total. The fraction of sp³-hybridized carbons (Fsp3) is 0.160. The SMILES string of the molecule is Cc1ccc(NC(=O)Cn2c(=O)n(Cc3ccc(F)cc3)c(=O)c3ccccc32)cc1C. The van der Waals surface area contributed by atoms with Gasteiger partial charge in [0.05, 0.1) is 17.4 Å². The molecule has 0 spiro atoms. The number of nitrogens with one attached hydrogen (secondary N) is 1. The number of aromatic nitrogens is 2. The van der Waals surface area contributed by atoms with Gasteiger partial charge in [-0.25, -0.2) is 9.18 Å². The summed E-state index contributed by atoms with van der Waals surface area (Å²) < 4.78 is 15.6. The zero-order chi connectivity index (χ0) is 22.8. The van der Waals surface area contributed by atoms with E-state index in [1.54, 1.807) is 30.3 Å². The van der Waals surface area contributed by atoms with Crippen LogP contribution in [-0.2, 0) is 17.9 Å². The summed E-state index contributed by atoms with van der Waals surface area (Å²) in [4.78, 5) is 39.0. The second kappa shape index (κ2) is 8.63. The van der Waals surface area contributed by atoms with E-state index in [4.69, 9.17) is 0 Å². The average Bonchev–Trinajstić information content (AvgIpc) is 2.78. The van der Waals surface area contributed by atoms with Gasteiger partial charge in [-0.2, -0.15) is 0 Å². The molecule has 162 valence electrons. The lowest BCUT2D eigenvalue weighted by Gasteiger charge is -2.14. The molecule has 32 heavy (non-hydrogen) atoms. The molecule has 0 aliphatic heterocycles. The number of hydrogen-bond donors (Lipinski definition) is 1. The van der Waals surface area contributed by atoms with E-state index >= 15 is 0 Å². The van der Waals surface area contributed by atoms with Crippen LogP contribution in [0.5, 0.6) is 0 Å². The van der Waals surface area contributed by atoms with E-state index in [-0.39, 0.29) is 19.0 Å². The first-order valence-electron chi connectivity index (χ1n) is 10.2. The third kappa shape index (κ3) is 4.23. The molecule has 3 aromatic carbocycles. The topological polar surface area (TPSA) is 73.1 Å². The average molecular weight is 431 g/mol. The van der Waals surface area contributed by atoms with Gasteiger partial charge >= 0.3 is 5.69 Å². The number of hydrogen-bond acceptors (Lipinski definition) is 3. The highest BCUT2D eigenvalue weighted by Gasteiger charge is 2.16. The van der Waals surface area contributed by atoms with Crippen molar-refractivity contribution in [2.75, 3.05) is 5.32 Å². The van der Waals surface area contributed by atoms with Crippen LogP contribution in [0.2, 0.25) is 0 Å². The standard InChI is InChI=1S/C25H22FN3O3/c1-16-7-12-20(13-17(16)2)27-23(30)15-28-22-6-4-3-5-21(22)24(31)29(25(28)32)14-18-8-10-19(26)11-9-18/h3-13H,14-15H2,1-2H3,(H,27,30). The van der Waals surface area contributed by atoms with E-state index in [1.807, 2.05) is 26.0 Å². The van der Waals surface area contributed by atoms with Crippen LogP contribution in [0.4, 0.5) is 10.1 Å². The number of carbonyl (C=O) groups excluding carboxylic acids is 1. The van der Waals surface area contributed by atoms with Crippen LogP contribution in [0.3, 0.4) is 0 Å². The van der Waals surface area contributed by atoms with Crippen molar-refractivity contribution in [3.63, 3.8) is 0 Å². The summed E-state index contributed by atoms with van der Waals surface area (Å²) in [6.45, 7) is 3.66. The van der Waals surface area contributed by atoms with Gasteiger partial charge in [0.1, 0.15) is 12.4 Å². The van der Waals surface area contributed by atoms with Crippen molar-refractivity contribution in [2.45, 2.75) is 26.9 Å². The highest BCUT2D eigenvalue weighted by atomic mass is 19.1. The summed E-state index contributed by atoms with van der Waals surface area (Å²) in [6.07, 6.45) is 0. The number of fused-ring (bicyclic) bond motifs is 1. The van der Waals surface area contributed by atoms with Gasteiger partial charge < -0.3 is 5.32 Å². The Morgan fingerprint density at radius 3 is 2.34 bits per heavy atom. The molecule has 0 aliphatic rings. The van der Waals surface area contributed by atoms with Crippen molar-refractivity contribution >= 4 is 22.5 Å². The summed E-state index contributed by atoms with van der Waals surface area (Å²) >= 11 is 0. The Kier molecular flexibility index (Phi) is 5.73. The Morgan fingerprint density at radius 2 is 1.62 bits per heavy atom. The number of amides is 1. The molecule has 4 aromatic rings. The van der Waals surface area contributed by atoms with Gasteiger partial charge in [-0.3, -0.25) is 18.7 Å². The van der Waals surface area contributed by atoms with Crippen LogP contribution in [0.25, 0.3) is 10.9 Å². The molecule has 4 rings (SSSR count). The molecule has 0 unspecified atom stereocenters. The number of rotatable bonds is 5. The van der Waals surface area contributed by atoms with Crippen molar-refractivity contribution in [3.05, 3.63) is 110 Å². The second-order valence-electron chi connectivity index (χ2n) is 7.75. The Morgan fingerprint density at radius 1 is 0.906 bits per heavy atom. The van der Waals surface area contributed by atoms with Crippen molar-refractivity contribution in [2.24, 2.45) is 0 Å². The number of nitrogens with zero attached hydrogens (tertiary/aromatic N) is 2. The van der Waals surface area contributed by atoms with Crippen molar-refractivity contribution in [3.8, 4) is 0 Å². The summed E-state index contributed by atoms with van der Waals surface area (Å²) in [7, 11) is 0. The minimum atomic E-state index is -0.603. The van der Waals surface area contributed by atoms with E-state index in [0.717, 1.165) is 15.7 Å². The van der Waals surface area contributed by atoms with Gasteiger partial charge in [-0.15, -0.1) is 0 Å². The first kappa shape index (κ1) is 21.2. The minimum absolute atomic E-state index is 0.0262. The number of para-hydroxylation sites is 1. The Bertz CT molecular complexity index is 1440. The first-order chi connectivity index (χ1) is 15.3. The smallest absolute Gasteiger partial charge is 0.325 e. The van der Waals surface area contributed by atoms with E-state index in [1.165, 1.54) is 28.8 Å². The van der Waals surface area contributed by atoms with Gasteiger partial charge in [0.2, 0.25) is 5.91 Å². The van der Waals surface area contributed by atoms with Gasteiger partial charge in [-0.05, 0) is 66.9 Å². The number of aryl methyl sites for hydroxylation is 2. The molecule has 0 atom stereocenters. The molecule has 1 heterocycles. The molecule has 1 amide bonds. The lowest BCUT2D eigenvalue weighted by Crippen LogP contribution is -2.42. The van der Waals surface area contributed by atoms with Crippen molar-refractivity contribution < 1.29 is 9.18 Å². The van der Waals surface area contributed by atoms with Gasteiger partial charge in [0, 0.05) is 5.69 Å². The Hall–Kier alpha value is -4.00. The lowest BCUT2D eigenvalue weighted by atomic mass is 10.1. The van der Waals surface area contributed by atoms with Gasteiger partial charge in [0.25, 0.3) is 5.56 Å². The summed E-state index contributed by atoms with van der Waals surface area (Å²) in [5.41, 5.74) is 2.71. The molecule has 6 nitrogen and oxygen atoms in total. The maximum Gasteiger partial charge on any atom is 0.332 e. The Balaban J connectivity index is 1.73. The highest BCUT2D eigenvalue weighted by molar-refractivity contribution is 5.91. The minimum Gasteiger partial charge on any atom is -0.325 e. The lowest BCUT2D eigenvalue weighted by molar-refractivity contribution is -0.116. The van der Waals surface area contributed by atoms with E-state index in [0.29, 0.717) is 22.2 Å². The predicted octanol–water partition coefficient (Wildman–Crippen LogP) is 3.61. The van der Waals surface area contributed by atoms with E-state index in [9.17, 15) is 18.8 Å². The second-order valence-corrected chi connectivity index (χ2v) is 7.75. The number of halogens is 1. The van der Waals surface area contributed by atoms with Crippen LogP contribution in [0.1, 0.15) is 16.7 Å². The predicted molar refractivity (Wildman–Crippen MR) is 123 cm³/mol. The van der Waals surface area contributed by atoms with Crippen LogP contribution < -0.4 is 16.6 Å². The Labute approximate surface area is 183 Å². The number of benzene rings is 3. The number of anilines is 1. The molecule has 0 saturated carbocycles. The maximum absolute atomic E-state index is 13.2. The van der Waals surface area contributed by atoms with Crippen LogP contribution in [0, 0.1) is 19.7 Å². The molecule has 0 radical (unpaired) electrons. The fourth-order valence-electron chi connectivity index (χ4n) is 3.60. The van der Waals surface area contributed by atoms with Crippen LogP contribution in [0.15, 0.2) is 76.3 Å². The zero-order valence-corrected chi connectivity index (χ0v) is 17.8. The molecule has 0 fully saturated rings. The molecule has 0 bridgehead atoms. The molecular weight excluding hydrogens is 409 g/mol. The van der Waals surface area contributed by atoms with Crippen molar-refractivity contribution in [1.82, 2.24) is 9.13 Å². The highest BCUT2D eigenvalue weighted by Crippen LogP contribution is 2.15. The summed E-state index contributed by atoms with van der Waals surface area (Å²) in [6, 6.07) is 17.8. The molecule has 0 saturated heterocycles. The third-order valence-electron chi connectivity index (χ3n) is 5.48. The fourth-order valence-corrected chi connectivity index (χ4v) is 3.60. The summed E-state index contributed by atoms with van der Waals surface area (Å²) in [5, 5.41) is 3.14. The zero-order valence-electron chi connectivity index (χ0n) is 17.8. The quantitative estimate of drug-likeness (QED) is 0.525. The van der Waals surface area contributed by atoms with Gasteiger partial charge in [0.15, 0.2) is 0 Å². The van der Waals surface area contributed by atoms with E-state index in [2.05, 4.69) is 5.32 Å². The molecule has 0 aliphatic carbocycles. The molecular formula is C25H22FN3O3. The van der Waals surface area contributed by atoms with Crippen LogP contribution >= 0.6 is 0 Å². The van der Waals surface area contributed by atoms with Crippen molar-refractivity contribution in [1.29, 1.82) is 0 Å². The first-order valence-corrected chi connectivity index (χ1v) is 10.2. The van der Waals surface area contributed by atoms with Gasteiger partial charge in [-0.1, -0.05) is 30.3 Å². The van der Waals surface area contributed by atoms with Crippen LogP contribution in [-0.4, -0.2) is 15.0 Å². The molecule has 1 aromatic heterocycles. The largest absolute Gasteiger partial charge is 0.332 e. The molecule has 7 heteroatoms. The number of carbonyl (C=O) groups is 1. The summed E-state index contributed by atoms with van der Waals surface area (Å²) in [5.74, 6) is -0.785.